The molecule has 0 fully saturated rings. The monoisotopic (exact) mass is 277 g/mol. The summed E-state index contributed by atoms with van der Waals surface area (Å²) in [5, 5.41) is 1.16. The molecule has 1 nitrogen and oxygen atoms in total. The molecular formula is C13H28BrN. The maximum absolute atomic E-state index is 3.48. The Morgan fingerprint density at radius 2 is 1.53 bits per heavy atom. The van der Waals surface area contributed by atoms with Gasteiger partial charge in [0, 0.05) is 11.4 Å². The molecule has 0 saturated heterocycles. The lowest BCUT2D eigenvalue weighted by atomic mass is 10.2. The Kier molecular flexibility index (Phi) is 11.3. The molecule has 0 atom stereocenters. The maximum atomic E-state index is 3.48. The molecule has 15 heavy (non-hydrogen) atoms. The number of rotatable bonds is 10. The van der Waals surface area contributed by atoms with Crippen LogP contribution in [-0.4, -0.2) is 29.4 Å². The fourth-order valence-corrected chi connectivity index (χ4v) is 2.18. The highest BCUT2D eigenvalue weighted by molar-refractivity contribution is 9.09. The lowest BCUT2D eigenvalue weighted by Crippen LogP contribution is -2.32. The van der Waals surface area contributed by atoms with Crippen molar-refractivity contribution in [3.63, 3.8) is 0 Å². The van der Waals surface area contributed by atoms with Crippen molar-refractivity contribution in [1.82, 2.24) is 4.90 Å². The SMILES string of the molecule is CCCCCN(CCCCCBr)C(C)C. The third-order valence-electron chi connectivity index (χ3n) is 2.86. The van der Waals surface area contributed by atoms with Gasteiger partial charge in [0.05, 0.1) is 0 Å². The van der Waals surface area contributed by atoms with E-state index in [2.05, 4.69) is 41.6 Å². The van der Waals surface area contributed by atoms with Crippen molar-refractivity contribution >= 4 is 15.9 Å². The van der Waals surface area contributed by atoms with Crippen LogP contribution in [0.1, 0.15) is 59.3 Å². The minimum atomic E-state index is 0.714. The lowest BCUT2D eigenvalue weighted by Gasteiger charge is -2.26. The van der Waals surface area contributed by atoms with Crippen molar-refractivity contribution in [1.29, 1.82) is 0 Å². The highest BCUT2D eigenvalue weighted by Crippen LogP contribution is 2.07. The molecule has 0 N–H and O–H groups in total. The van der Waals surface area contributed by atoms with Crippen LogP contribution in [0.2, 0.25) is 0 Å². The van der Waals surface area contributed by atoms with Gasteiger partial charge in [-0.2, -0.15) is 0 Å². The van der Waals surface area contributed by atoms with Gasteiger partial charge in [-0.1, -0.05) is 42.1 Å². The van der Waals surface area contributed by atoms with Crippen LogP contribution in [-0.2, 0) is 0 Å². The molecule has 0 heterocycles. The third-order valence-corrected chi connectivity index (χ3v) is 3.42. The molecule has 92 valence electrons. The van der Waals surface area contributed by atoms with Crippen LogP contribution in [0.3, 0.4) is 0 Å². The molecule has 0 spiro atoms. The molecule has 0 amide bonds. The van der Waals surface area contributed by atoms with Gasteiger partial charge < -0.3 is 4.90 Å². The Balaban J connectivity index is 3.54. The molecule has 0 aromatic carbocycles. The molecule has 0 aliphatic rings. The van der Waals surface area contributed by atoms with Gasteiger partial charge in [0.15, 0.2) is 0 Å². The van der Waals surface area contributed by atoms with E-state index in [-0.39, 0.29) is 0 Å². The van der Waals surface area contributed by atoms with E-state index in [1.54, 1.807) is 0 Å². The Morgan fingerprint density at radius 3 is 2.00 bits per heavy atom. The minimum absolute atomic E-state index is 0.714. The number of unbranched alkanes of at least 4 members (excludes halogenated alkanes) is 4. The van der Waals surface area contributed by atoms with Crippen molar-refractivity contribution < 1.29 is 0 Å². The molecule has 2 heteroatoms. The van der Waals surface area contributed by atoms with E-state index in [9.17, 15) is 0 Å². The van der Waals surface area contributed by atoms with Gasteiger partial charge in [0.2, 0.25) is 0 Å². The van der Waals surface area contributed by atoms with Gasteiger partial charge in [0.1, 0.15) is 0 Å². The van der Waals surface area contributed by atoms with E-state index >= 15 is 0 Å². The molecule has 0 rings (SSSR count). The van der Waals surface area contributed by atoms with Crippen LogP contribution in [0.4, 0.5) is 0 Å². The second-order valence-electron chi connectivity index (χ2n) is 4.59. The third kappa shape index (κ3) is 9.37. The van der Waals surface area contributed by atoms with Crippen molar-refractivity contribution in [3.8, 4) is 0 Å². The van der Waals surface area contributed by atoms with Crippen molar-refractivity contribution in [2.75, 3.05) is 18.4 Å². The van der Waals surface area contributed by atoms with Gasteiger partial charge in [-0.05, 0) is 46.2 Å². The van der Waals surface area contributed by atoms with Crippen LogP contribution in [0, 0.1) is 0 Å². The van der Waals surface area contributed by atoms with Crippen LogP contribution < -0.4 is 0 Å². The van der Waals surface area contributed by atoms with Crippen LogP contribution >= 0.6 is 15.9 Å². The first-order valence-electron chi connectivity index (χ1n) is 6.52. The lowest BCUT2D eigenvalue weighted by molar-refractivity contribution is 0.213. The fraction of sp³-hybridized carbons (Fsp3) is 1.00. The summed E-state index contributed by atoms with van der Waals surface area (Å²) >= 11 is 3.48. The van der Waals surface area contributed by atoms with E-state index in [1.165, 1.54) is 51.6 Å². The number of alkyl halides is 1. The van der Waals surface area contributed by atoms with Gasteiger partial charge in [-0.15, -0.1) is 0 Å². The highest BCUT2D eigenvalue weighted by Gasteiger charge is 2.07. The topological polar surface area (TPSA) is 3.24 Å². The minimum Gasteiger partial charge on any atom is -0.301 e. The van der Waals surface area contributed by atoms with Crippen molar-refractivity contribution in [2.24, 2.45) is 0 Å². The molecule has 0 saturated carbocycles. The van der Waals surface area contributed by atoms with E-state index in [4.69, 9.17) is 0 Å². The first kappa shape index (κ1) is 15.4. The van der Waals surface area contributed by atoms with E-state index in [0.717, 1.165) is 5.33 Å². The van der Waals surface area contributed by atoms with Gasteiger partial charge in [0.25, 0.3) is 0 Å². The largest absolute Gasteiger partial charge is 0.301 e. The van der Waals surface area contributed by atoms with Gasteiger partial charge >= 0.3 is 0 Å². The zero-order valence-electron chi connectivity index (χ0n) is 10.8. The fourth-order valence-electron chi connectivity index (χ4n) is 1.78. The van der Waals surface area contributed by atoms with Crippen LogP contribution in [0.25, 0.3) is 0 Å². The summed E-state index contributed by atoms with van der Waals surface area (Å²) in [6.45, 7) is 9.48. The van der Waals surface area contributed by atoms with Gasteiger partial charge in [-0.25, -0.2) is 0 Å². The quantitative estimate of drug-likeness (QED) is 0.421. The number of halogens is 1. The molecule has 0 bridgehead atoms. The molecule has 0 aliphatic carbocycles. The van der Waals surface area contributed by atoms with Crippen molar-refractivity contribution in [3.05, 3.63) is 0 Å². The zero-order chi connectivity index (χ0) is 11.5. The second-order valence-corrected chi connectivity index (χ2v) is 5.38. The predicted molar refractivity (Wildman–Crippen MR) is 73.9 cm³/mol. The summed E-state index contributed by atoms with van der Waals surface area (Å²) in [7, 11) is 0. The molecule has 0 radical (unpaired) electrons. The second kappa shape index (κ2) is 10.9. The standard InChI is InChI=1S/C13H28BrN/c1-4-5-8-11-15(13(2)3)12-9-6-7-10-14/h13H,4-12H2,1-3H3. The van der Waals surface area contributed by atoms with E-state index < -0.39 is 0 Å². The molecule has 0 aliphatic heterocycles. The van der Waals surface area contributed by atoms with Crippen molar-refractivity contribution in [2.45, 2.75) is 65.3 Å². The first-order chi connectivity index (χ1) is 7.22. The van der Waals surface area contributed by atoms with Crippen LogP contribution in [0.15, 0.2) is 0 Å². The summed E-state index contributed by atoms with van der Waals surface area (Å²) in [6, 6.07) is 0.714. The summed E-state index contributed by atoms with van der Waals surface area (Å²) in [4.78, 5) is 2.63. The van der Waals surface area contributed by atoms with E-state index in [0.29, 0.717) is 6.04 Å². The number of nitrogens with zero attached hydrogens (tertiary/aromatic N) is 1. The normalized spacial score (nSPS) is 11.6. The smallest absolute Gasteiger partial charge is 0.00385 e. The molecular weight excluding hydrogens is 250 g/mol. The summed E-state index contributed by atoms with van der Waals surface area (Å²) in [5.41, 5.74) is 0. The summed E-state index contributed by atoms with van der Waals surface area (Å²) < 4.78 is 0. The summed E-state index contributed by atoms with van der Waals surface area (Å²) in [5.74, 6) is 0. The maximum Gasteiger partial charge on any atom is 0.00385 e. The predicted octanol–water partition coefficient (Wildman–Crippen LogP) is 4.45. The molecule has 0 aromatic rings. The Hall–Kier alpha value is 0.440. The first-order valence-corrected chi connectivity index (χ1v) is 7.64. The Bertz CT molecular complexity index is 126. The molecule has 0 aromatic heterocycles. The van der Waals surface area contributed by atoms with Gasteiger partial charge in [-0.3, -0.25) is 0 Å². The van der Waals surface area contributed by atoms with Crippen LogP contribution in [0.5, 0.6) is 0 Å². The molecule has 0 unspecified atom stereocenters. The van der Waals surface area contributed by atoms with E-state index in [1.807, 2.05) is 0 Å². The Morgan fingerprint density at radius 1 is 0.933 bits per heavy atom. The highest BCUT2D eigenvalue weighted by atomic mass is 79.9. The number of hydrogen-bond donors (Lipinski definition) is 0. The zero-order valence-corrected chi connectivity index (χ0v) is 12.4. The average Bonchev–Trinajstić information content (AvgIpc) is 2.21. The average molecular weight is 278 g/mol. The summed E-state index contributed by atoms with van der Waals surface area (Å²) in [6.07, 6.45) is 8.12. The Labute approximate surface area is 105 Å². The number of hydrogen-bond acceptors (Lipinski definition) is 1.